The van der Waals surface area contributed by atoms with Gasteiger partial charge in [0, 0.05) is 37.3 Å². The van der Waals surface area contributed by atoms with Gasteiger partial charge in [0.15, 0.2) is 11.5 Å². The lowest BCUT2D eigenvalue weighted by molar-refractivity contribution is 0.0210. The lowest BCUT2D eigenvalue weighted by atomic mass is 10.0. The van der Waals surface area contributed by atoms with Gasteiger partial charge in [-0.2, -0.15) is 0 Å². The molecule has 2 aliphatic rings. The zero-order valence-corrected chi connectivity index (χ0v) is 21.9. The molecule has 0 saturated carbocycles. The Balaban J connectivity index is 1.53. The number of aromatic nitrogens is 3. The summed E-state index contributed by atoms with van der Waals surface area (Å²) in [5, 5.41) is 7.65. The van der Waals surface area contributed by atoms with Crippen LogP contribution in [-0.2, 0) is 4.74 Å². The molecule has 0 radical (unpaired) electrons. The number of halogens is 2. The Morgan fingerprint density at radius 1 is 1.05 bits per heavy atom. The molecule has 3 aromatic rings. The molecule has 0 spiro atoms. The van der Waals surface area contributed by atoms with Crippen molar-refractivity contribution in [3.8, 4) is 0 Å². The lowest BCUT2D eigenvalue weighted by Crippen LogP contribution is -2.47. The first-order chi connectivity index (χ1) is 17.8. The van der Waals surface area contributed by atoms with E-state index in [4.69, 9.17) is 9.72 Å². The zero-order chi connectivity index (χ0) is 26.1. The molecule has 10 heteroatoms. The lowest BCUT2D eigenvalue weighted by Gasteiger charge is -2.37. The summed E-state index contributed by atoms with van der Waals surface area (Å²) in [5.74, 6) is 1.39. The maximum absolute atomic E-state index is 15.1. The van der Waals surface area contributed by atoms with Gasteiger partial charge in [0.1, 0.15) is 23.6 Å². The number of nitrogens with zero attached hydrogens (tertiary/aromatic N) is 5. The SMILES string of the molecule is CCN1CCN(c2cc3c(N[C@H](C)c4cccc(C(C)F)c4F)nc(C)nc3nc2NC2COC2)CC1. The molecule has 1 aromatic carbocycles. The molecule has 2 aliphatic heterocycles. The second-order valence-corrected chi connectivity index (χ2v) is 9.88. The molecule has 2 atom stereocenters. The second-order valence-electron chi connectivity index (χ2n) is 9.88. The Bertz CT molecular complexity index is 1260. The normalized spacial score (nSPS) is 18.5. The molecule has 1 unspecified atom stereocenters. The predicted octanol–water partition coefficient (Wildman–Crippen LogP) is 4.63. The molecular formula is C27H35F2N7O. The van der Waals surface area contributed by atoms with Crippen LogP contribution in [0, 0.1) is 12.7 Å². The second kappa shape index (κ2) is 10.7. The monoisotopic (exact) mass is 511 g/mol. The molecule has 2 aromatic heterocycles. The van der Waals surface area contributed by atoms with E-state index in [0.29, 0.717) is 36.1 Å². The Kier molecular flexibility index (Phi) is 7.39. The van der Waals surface area contributed by atoms with Gasteiger partial charge in [0.05, 0.1) is 36.4 Å². The predicted molar refractivity (Wildman–Crippen MR) is 143 cm³/mol. The molecular weight excluding hydrogens is 476 g/mol. The van der Waals surface area contributed by atoms with Crippen LogP contribution in [-0.4, -0.2) is 71.8 Å². The van der Waals surface area contributed by atoms with Crippen molar-refractivity contribution in [1.29, 1.82) is 0 Å². The topological polar surface area (TPSA) is 78.4 Å². The molecule has 37 heavy (non-hydrogen) atoms. The maximum Gasteiger partial charge on any atom is 0.167 e. The van der Waals surface area contributed by atoms with E-state index < -0.39 is 18.0 Å². The fourth-order valence-corrected chi connectivity index (χ4v) is 4.92. The van der Waals surface area contributed by atoms with Gasteiger partial charge in [-0.25, -0.2) is 23.7 Å². The molecule has 2 N–H and O–H groups in total. The first-order valence-corrected chi connectivity index (χ1v) is 13.0. The van der Waals surface area contributed by atoms with Gasteiger partial charge in [0.2, 0.25) is 0 Å². The van der Waals surface area contributed by atoms with Crippen molar-refractivity contribution in [3.05, 3.63) is 47.0 Å². The minimum atomic E-state index is -1.39. The van der Waals surface area contributed by atoms with E-state index >= 15 is 4.39 Å². The zero-order valence-electron chi connectivity index (χ0n) is 21.9. The number of piperazine rings is 1. The minimum absolute atomic E-state index is 0.0562. The van der Waals surface area contributed by atoms with Crippen molar-refractivity contribution in [2.24, 2.45) is 0 Å². The van der Waals surface area contributed by atoms with Gasteiger partial charge >= 0.3 is 0 Å². The molecule has 8 nitrogen and oxygen atoms in total. The Labute approximate surface area is 216 Å². The number of aryl methyl sites for hydroxylation is 1. The quantitative estimate of drug-likeness (QED) is 0.453. The number of hydrogen-bond donors (Lipinski definition) is 2. The molecule has 0 bridgehead atoms. The summed E-state index contributed by atoms with van der Waals surface area (Å²) < 4.78 is 34.4. The highest BCUT2D eigenvalue weighted by atomic mass is 19.1. The van der Waals surface area contributed by atoms with E-state index in [2.05, 4.69) is 43.4 Å². The van der Waals surface area contributed by atoms with Crippen molar-refractivity contribution in [1.82, 2.24) is 19.9 Å². The van der Waals surface area contributed by atoms with E-state index in [1.807, 2.05) is 13.8 Å². The Morgan fingerprint density at radius 3 is 2.43 bits per heavy atom. The van der Waals surface area contributed by atoms with Crippen molar-refractivity contribution in [3.63, 3.8) is 0 Å². The molecule has 2 saturated heterocycles. The standard InChI is InChI=1S/C27H35F2N7O/c1-5-35-9-11-36(12-10-35)23-13-22-25(30-17(3)21-8-6-7-20(16(2)28)24(21)29)31-18(4)32-26(22)34-27(23)33-19-14-37-15-19/h6-8,13,16-17,19H,5,9-12,14-15H2,1-4H3,(H2,30,31,32,33,34)/t16?,17-/m1/s1. The number of pyridine rings is 1. The van der Waals surface area contributed by atoms with E-state index in [1.165, 1.54) is 13.0 Å². The van der Waals surface area contributed by atoms with E-state index in [1.54, 1.807) is 12.1 Å². The van der Waals surface area contributed by atoms with Crippen LogP contribution in [0.3, 0.4) is 0 Å². The van der Waals surface area contributed by atoms with Crippen LogP contribution in [0.25, 0.3) is 11.0 Å². The van der Waals surface area contributed by atoms with Crippen molar-refractivity contribution >= 4 is 28.4 Å². The number of anilines is 3. The summed E-state index contributed by atoms with van der Waals surface area (Å²) in [6.07, 6.45) is -1.39. The van der Waals surface area contributed by atoms with E-state index in [0.717, 1.165) is 49.6 Å². The van der Waals surface area contributed by atoms with Crippen molar-refractivity contribution < 1.29 is 13.5 Å². The molecule has 4 heterocycles. The van der Waals surface area contributed by atoms with Crippen molar-refractivity contribution in [2.75, 3.05) is 61.5 Å². The summed E-state index contributed by atoms with van der Waals surface area (Å²) in [6, 6.07) is 6.69. The summed E-state index contributed by atoms with van der Waals surface area (Å²) in [6.45, 7) is 13.3. The smallest absolute Gasteiger partial charge is 0.167 e. The summed E-state index contributed by atoms with van der Waals surface area (Å²) >= 11 is 0. The molecule has 0 amide bonds. The minimum Gasteiger partial charge on any atom is -0.377 e. The van der Waals surface area contributed by atoms with E-state index in [-0.39, 0.29) is 11.6 Å². The fraction of sp³-hybridized carbons (Fsp3) is 0.519. The van der Waals surface area contributed by atoms with Crippen LogP contribution in [0.2, 0.25) is 0 Å². The number of likely N-dealkylation sites (N-methyl/N-ethyl adjacent to an activating group) is 1. The highest BCUT2D eigenvalue weighted by Gasteiger charge is 2.26. The number of benzene rings is 1. The Morgan fingerprint density at radius 2 is 1.78 bits per heavy atom. The van der Waals surface area contributed by atoms with Crippen LogP contribution in [0.1, 0.15) is 49.9 Å². The number of ether oxygens (including phenoxy) is 1. The average molecular weight is 512 g/mol. The fourth-order valence-electron chi connectivity index (χ4n) is 4.92. The summed E-state index contributed by atoms with van der Waals surface area (Å²) in [7, 11) is 0. The van der Waals surface area contributed by atoms with Crippen LogP contribution in [0.4, 0.5) is 26.1 Å². The van der Waals surface area contributed by atoms with Gasteiger partial charge in [-0.3, -0.25) is 0 Å². The van der Waals surface area contributed by atoms with Crippen LogP contribution < -0.4 is 15.5 Å². The number of hydrogen-bond acceptors (Lipinski definition) is 8. The van der Waals surface area contributed by atoms with Gasteiger partial charge in [-0.15, -0.1) is 0 Å². The maximum atomic E-state index is 15.1. The molecule has 5 rings (SSSR count). The highest BCUT2D eigenvalue weighted by Crippen LogP contribution is 2.34. The van der Waals surface area contributed by atoms with Crippen molar-refractivity contribution in [2.45, 2.75) is 46.0 Å². The van der Waals surface area contributed by atoms with Gasteiger partial charge in [0.25, 0.3) is 0 Å². The number of rotatable bonds is 8. The number of alkyl halides is 1. The Hall–Kier alpha value is -3.11. The third kappa shape index (κ3) is 5.31. The summed E-state index contributed by atoms with van der Waals surface area (Å²) in [5.41, 5.74) is 2.00. The largest absolute Gasteiger partial charge is 0.377 e. The molecule has 0 aliphatic carbocycles. The van der Waals surface area contributed by atoms with Gasteiger partial charge < -0.3 is 25.2 Å². The average Bonchev–Trinajstić information content (AvgIpc) is 2.85. The van der Waals surface area contributed by atoms with Gasteiger partial charge in [-0.05, 0) is 33.4 Å². The van der Waals surface area contributed by atoms with Gasteiger partial charge in [-0.1, -0.05) is 25.1 Å². The third-order valence-electron chi connectivity index (χ3n) is 7.22. The molecule has 198 valence electrons. The number of fused-ring (bicyclic) bond motifs is 1. The third-order valence-corrected chi connectivity index (χ3v) is 7.22. The summed E-state index contributed by atoms with van der Waals surface area (Å²) in [4.78, 5) is 19.0. The highest BCUT2D eigenvalue weighted by molar-refractivity contribution is 5.92. The first-order valence-electron chi connectivity index (χ1n) is 13.0. The van der Waals surface area contributed by atoms with Crippen LogP contribution >= 0.6 is 0 Å². The van der Waals surface area contributed by atoms with Crippen LogP contribution in [0.5, 0.6) is 0 Å². The number of nitrogens with one attached hydrogen (secondary N) is 2. The first kappa shape index (κ1) is 25.5. The molecule has 2 fully saturated rings. The van der Waals surface area contributed by atoms with Crippen LogP contribution in [0.15, 0.2) is 24.3 Å². The van der Waals surface area contributed by atoms with E-state index in [9.17, 15) is 4.39 Å².